The highest BCUT2D eigenvalue weighted by Crippen LogP contribution is 2.29. The highest BCUT2D eigenvalue weighted by molar-refractivity contribution is 9.10. The fraction of sp³-hybridized carbons (Fsp3) is 0.625. The zero-order chi connectivity index (χ0) is 8.65. The Kier molecular flexibility index (Phi) is 2.10. The van der Waals surface area contributed by atoms with Gasteiger partial charge < -0.3 is 4.42 Å². The SMILES string of the molecule is Cc1nc(C(C)(C)C)c(Br)o1. The van der Waals surface area contributed by atoms with Gasteiger partial charge in [0.1, 0.15) is 0 Å². The average Bonchev–Trinajstić information content (AvgIpc) is 2.08. The molecule has 1 aromatic rings. The summed E-state index contributed by atoms with van der Waals surface area (Å²) in [5.41, 5.74) is 1.03. The number of aromatic nitrogens is 1. The Balaban J connectivity index is 3.13. The lowest BCUT2D eigenvalue weighted by Gasteiger charge is -2.14. The number of oxazole rings is 1. The lowest BCUT2D eigenvalue weighted by Crippen LogP contribution is -2.12. The molecule has 0 aliphatic carbocycles. The van der Waals surface area contributed by atoms with E-state index in [4.69, 9.17) is 4.42 Å². The van der Waals surface area contributed by atoms with Crippen LogP contribution in [0.1, 0.15) is 32.4 Å². The van der Waals surface area contributed by atoms with Crippen molar-refractivity contribution in [3.63, 3.8) is 0 Å². The summed E-state index contributed by atoms with van der Waals surface area (Å²) in [7, 11) is 0. The van der Waals surface area contributed by atoms with Gasteiger partial charge in [0, 0.05) is 12.3 Å². The number of aryl methyl sites for hydroxylation is 1. The molecule has 3 heteroatoms. The topological polar surface area (TPSA) is 26.0 Å². The van der Waals surface area contributed by atoms with Gasteiger partial charge in [-0.15, -0.1) is 0 Å². The van der Waals surface area contributed by atoms with Gasteiger partial charge in [0.2, 0.25) is 0 Å². The summed E-state index contributed by atoms with van der Waals surface area (Å²) in [6.07, 6.45) is 0. The largest absolute Gasteiger partial charge is 0.434 e. The van der Waals surface area contributed by atoms with E-state index < -0.39 is 0 Å². The summed E-state index contributed by atoms with van der Waals surface area (Å²) in [6, 6.07) is 0. The van der Waals surface area contributed by atoms with Gasteiger partial charge in [-0.2, -0.15) is 0 Å². The predicted molar refractivity (Wildman–Crippen MR) is 47.6 cm³/mol. The Morgan fingerprint density at radius 2 is 1.91 bits per heavy atom. The molecule has 0 aliphatic rings. The third-order valence-corrected chi connectivity index (χ3v) is 1.94. The molecular weight excluding hydrogens is 206 g/mol. The Morgan fingerprint density at radius 3 is 2.09 bits per heavy atom. The van der Waals surface area contributed by atoms with Crippen molar-refractivity contribution in [2.45, 2.75) is 33.1 Å². The molecule has 0 fully saturated rings. The van der Waals surface area contributed by atoms with E-state index in [2.05, 4.69) is 41.7 Å². The second-order valence-electron chi connectivity index (χ2n) is 3.61. The van der Waals surface area contributed by atoms with Crippen LogP contribution in [0.5, 0.6) is 0 Å². The standard InChI is InChI=1S/C8H12BrNO/c1-5-10-6(7(9)11-5)8(2,3)4/h1-4H3. The summed E-state index contributed by atoms with van der Waals surface area (Å²) < 4.78 is 6.00. The van der Waals surface area contributed by atoms with Crippen molar-refractivity contribution in [3.8, 4) is 0 Å². The number of rotatable bonds is 0. The van der Waals surface area contributed by atoms with Crippen molar-refractivity contribution in [1.82, 2.24) is 4.98 Å². The Bertz CT molecular complexity index is 260. The lowest BCUT2D eigenvalue weighted by molar-refractivity contribution is 0.489. The van der Waals surface area contributed by atoms with Crippen molar-refractivity contribution in [3.05, 3.63) is 16.3 Å². The maximum atomic E-state index is 5.25. The van der Waals surface area contributed by atoms with E-state index in [9.17, 15) is 0 Å². The van der Waals surface area contributed by atoms with Crippen molar-refractivity contribution in [2.75, 3.05) is 0 Å². The number of hydrogen-bond donors (Lipinski definition) is 0. The van der Waals surface area contributed by atoms with E-state index in [1.165, 1.54) is 0 Å². The molecule has 62 valence electrons. The molecule has 0 atom stereocenters. The second-order valence-corrected chi connectivity index (χ2v) is 4.33. The molecule has 1 aromatic heterocycles. The molecule has 0 spiro atoms. The van der Waals surface area contributed by atoms with Crippen LogP contribution in [-0.4, -0.2) is 4.98 Å². The van der Waals surface area contributed by atoms with Crippen molar-refractivity contribution in [1.29, 1.82) is 0 Å². The first-order valence-electron chi connectivity index (χ1n) is 3.54. The quantitative estimate of drug-likeness (QED) is 0.668. The fourth-order valence-corrected chi connectivity index (χ4v) is 1.78. The summed E-state index contributed by atoms with van der Waals surface area (Å²) >= 11 is 3.32. The highest BCUT2D eigenvalue weighted by Gasteiger charge is 2.22. The van der Waals surface area contributed by atoms with E-state index >= 15 is 0 Å². The van der Waals surface area contributed by atoms with Gasteiger partial charge in [-0.1, -0.05) is 20.8 Å². The molecule has 0 aliphatic heterocycles. The van der Waals surface area contributed by atoms with Gasteiger partial charge in [0.05, 0.1) is 5.69 Å². The molecule has 0 saturated carbocycles. The van der Waals surface area contributed by atoms with Crippen molar-refractivity contribution in [2.24, 2.45) is 0 Å². The molecule has 0 N–H and O–H groups in total. The normalized spacial score (nSPS) is 12.1. The summed E-state index contributed by atoms with van der Waals surface area (Å²) in [6.45, 7) is 8.17. The van der Waals surface area contributed by atoms with E-state index in [0.717, 1.165) is 10.4 Å². The summed E-state index contributed by atoms with van der Waals surface area (Å²) in [5.74, 6) is 0.710. The van der Waals surface area contributed by atoms with Gasteiger partial charge in [0.15, 0.2) is 10.6 Å². The van der Waals surface area contributed by atoms with Crippen LogP contribution < -0.4 is 0 Å². The molecule has 0 radical (unpaired) electrons. The van der Waals surface area contributed by atoms with Crippen LogP contribution in [0.15, 0.2) is 9.09 Å². The molecular formula is C8H12BrNO. The fourth-order valence-electron chi connectivity index (χ4n) is 0.865. The molecule has 1 heterocycles. The van der Waals surface area contributed by atoms with Crippen LogP contribution in [0, 0.1) is 6.92 Å². The van der Waals surface area contributed by atoms with E-state index in [1.807, 2.05) is 6.92 Å². The van der Waals surface area contributed by atoms with E-state index in [0.29, 0.717) is 5.89 Å². The van der Waals surface area contributed by atoms with Crippen molar-refractivity contribution >= 4 is 15.9 Å². The lowest BCUT2D eigenvalue weighted by atomic mass is 9.93. The minimum absolute atomic E-state index is 0.0522. The first-order chi connectivity index (χ1) is 4.91. The predicted octanol–water partition coefficient (Wildman–Crippen LogP) is 3.04. The summed E-state index contributed by atoms with van der Waals surface area (Å²) in [4.78, 5) is 4.27. The van der Waals surface area contributed by atoms with Crippen LogP contribution in [0.25, 0.3) is 0 Å². The molecule has 0 unspecified atom stereocenters. The average molecular weight is 218 g/mol. The smallest absolute Gasteiger partial charge is 0.193 e. The molecule has 0 amide bonds. The maximum absolute atomic E-state index is 5.25. The zero-order valence-electron chi connectivity index (χ0n) is 7.23. The van der Waals surface area contributed by atoms with Crippen LogP contribution in [-0.2, 0) is 5.41 Å². The Morgan fingerprint density at radius 1 is 1.36 bits per heavy atom. The zero-order valence-corrected chi connectivity index (χ0v) is 8.82. The van der Waals surface area contributed by atoms with Crippen molar-refractivity contribution < 1.29 is 4.42 Å². The third kappa shape index (κ3) is 1.83. The molecule has 0 aromatic carbocycles. The monoisotopic (exact) mass is 217 g/mol. The molecule has 0 bridgehead atoms. The minimum Gasteiger partial charge on any atom is -0.434 e. The summed E-state index contributed by atoms with van der Waals surface area (Å²) in [5, 5.41) is 0. The van der Waals surface area contributed by atoms with Crippen LogP contribution in [0.4, 0.5) is 0 Å². The molecule has 0 saturated heterocycles. The first kappa shape index (κ1) is 8.78. The Hall–Kier alpha value is -0.310. The van der Waals surface area contributed by atoms with E-state index in [1.54, 1.807) is 0 Å². The van der Waals surface area contributed by atoms with Crippen LogP contribution in [0.3, 0.4) is 0 Å². The Labute approximate surface area is 75.1 Å². The number of halogens is 1. The molecule has 2 nitrogen and oxygen atoms in total. The van der Waals surface area contributed by atoms with Crippen LogP contribution in [0.2, 0.25) is 0 Å². The van der Waals surface area contributed by atoms with Gasteiger partial charge in [-0.05, 0) is 15.9 Å². The maximum Gasteiger partial charge on any atom is 0.193 e. The first-order valence-corrected chi connectivity index (χ1v) is 4.34. The highest BCUT2D eigenvalue weighted by atomic mass is 79.9. The molecule has 1 rings (SSSR count). The van der Waals surface area contributed by atoms with Crippen LogP contribution >= 0.6 is 15.9 Å². The van der Waals surface area contributed by atoms with Gasteiger partial charge >= 0.3 is 0 Å². The van der Waals surface area contributed by atoms with E-state index in [-0.39, 0.29) is 5.41 Å². The number of nitrogens with zero attached hydrogens (tertiary/aromatic N) is 1. The second kappa shape index (κ2) is 2.63. The van der Waals surface area contributed by atoms with Gasteiger partial charge in [0.25, 0.3) is 0 Å². The minimum atomic E-state index is 0.0522. The van der Waals surface area contributed by atoms with Gasteiger partial charge in [-0.3, -0.25) is 0 Å². The third-order valence-electron chi connectivity index (χ3n) is 1.40. The molecule has 11 heavy (non-hydrogen) atoms. The number of hydrogen-bond acceptors (Lipinski definition) is 2. The van der Waals surface area contributed by atoms with Gasteiger partial charge in [-0.25, -0.2) is 4.98 Å².